The SMILES string of the molecule is C=CC(=O)N1CCC(Nc2cc(Oc3ccc(F)c(Cl)c3)ncn2)C1. The molecule has 1 saturated heterocycles. The van der Waals surface area contributed by atoms with Crippen LogP contribution in [0.2, 0.25) is 5.02 Å². The maximum Gasteiger partial charge on any atom is 0.246 e. The van der Waals surface area contributed by atoms with Crippen molar-refractivity contribution in [2.24, 2.45) is 0 Å². The van der Waals surface area contributed by atoms with Gasteiger partial charge in [-0.2, -0.15) is 0 Å². The van der Waals surface area contributed by atoms with Gasteiger partial charge in [0.25, 0.3) is 0 Å². The van der Waals surface area contributed by atoms with E-state index in [4.69, 9.17) is 16.3 Å². The number of hydrogen-bond donors (Lipinski definition) is 1. The van der Waals surface area contributed by atoms with Crippen LogP contribution in [0.25, 0.3) is 0 Å². The smallest absolute Gasteiger partial charge is 0.246 e. The highest BCUT2D eigenvalue weighted by Gasteiger charge is 2.25. The molecule has 1 aromatic heterocycles. The standard InChI is InChI=1S/C17H16ClFN4O2/c1-2-17(24)23-6-5-11(9-23)22-15-8-16(21-10-20-15)25-12-3-4-14(19)13(18)7-12/h2-4,7-8,10-11H,1,5-6,9H2,(H,20,21,22). The second kappa shape index (κ2) is 7.48. The van der Waals surface area contributed by atoms with E-state index in [0.717, 1.165) is 6.42 Å². The number of nitrogens with one attached hydrogen (secondary N) is 1. The van der Waals surface area contributed by atoms with E-state index >= 15 is 0 Å². The van der Waals surface area contributed by atoms with Crippen LogP contribution in [0.15, 0.2) is 43.2 Å². The van der Waals surface area contributed by atoms with Crippen LogP contribution in [-0.2, 0) is 4.79 Å². The number of likely N-dealkylation sites (tertiary alicyclic amines) is 1. The minimum Gasteiger partial charge on any atom is -0.439 e. The maximum absolute atomic E-state index is 13.2. The Morgan fingerprint density at radius 1 is 1.44 bits per heavy atom. The molecule has 6 nitrogen and oxygen atoms in total. The molecule has 1 N–H and O–H groups in total. The number of halogens is 2. The largest absolute Gasteiger partial charge is 0.439 e. The number of rotatable bonds is 5. The first-order valence-corrected chi connectivity index (χ1v) is 8.06. The molecule has 130 valence electrons. The number of nitrogens with zero attached hydrogens (tertiary/aromatic N) is 3. The summed E-state index contributed by atoms with van der Waals surface area (Å²) in [4.78, 5) is 21.5. The van der Waals surface area contributed by atoms with E-state index in [2.05, 4.69) is 21.9 Å². The molecule has 0 radical (unpaired) electrons. The second-order valence-corrected chi connectivity index (χ2v) is 5.94. The normalized spacial score (nSPS) is 16.6. The fraction of sp³-hybridized carbons (Fsp3) is 0.235. The van der Waals surface area contributed by atoms with Crippen LogP contribution in [0.3, 0.4) is 0 Å². The lowest BCUT2D eigenvalue weighted by molar-refractivity contribution is -0.125. The van der Waals surface area contributed by atoms with Gasteiger partial charge in [-0.25, -0.2) is 14.4 Å². The van der Waals surface area contributed by atoms with Crippen LogP contribution in [0.1, 0.15) is 6.42 Å². The molecule has 1 atom stereocenters. The zero-order valence-corrected chi connectivity index (χ0v) is 14.0. The summed E-state index contributed by atoms with van der Waals surface area (Å²) in [6.45, 7) is 4.75. The van der Waals surface area contributed by atoms with E-state index in [0.29, 0.717) is 30.5 Å². The summed E-state index contributed by atoms with van der Waals surface area (Å²) >= 11 is 5.74. The topological polar surface area (TPSA) is 67.4 Å². The van der Waals surface area contributed by atoms with Crippen molar-refractivity contribution in [3.63, 3.8) is 0 Å². The van der Waals surface area contributed by atoms with Gasteiger partial charge in [-0.15, -0.1) is 0 Å². The molecule has 1 fully saturated rings. The first-order chi connectivity index (χ1) is 12.0. The van der Waals surface area contributed by atoms with Gasteiger partial charge in [-0.3, -0.25) is 4.79 Å². The van der Waals surface area contributed by atoms with Gasteiger partial charge in [-0.05, 0) is 24.6 Å². The second-order valence-electron chi connectivity index (χ2n) is 5.54. The van der Waals surface area contributed by atoms with Crippen molar-refractivity contribution in [1.82, 2.24) is 14.9 Å². The minimum absolute atomic E-state index is 0.0252. The number of benzene rings is 1. The molecule has 0 saturated carbocycles. The Morgan fingerprint density at radius 2 is 2.28 bits per heavy atom. The number of amides is 1. The van der Waals surface area contributed by atoms with Crippen molar-refractivity contribution in [2.45, 2.75) is 12.5 Å². The molecule has 1 amide bonds. The third-order valence-corrected chi connectivity index (χ3v) is 4.07. The van der Waals surface area contributed by atoms with Crippen LogP contribution in [-0.4, -0.2) is 39.9 Å². The Bertz CT molecular complexity index is 802. The van der Waals surface area contributed by atoms with Gasteiger partial charge in [0.2, 0.25) is 11.8 Å². The fourth-order valence-electron chi connectivity index (χ4n) is 2.55. The molecular formula is C17H16ClFN4O2. The average Bonchev–Trinajstić information content (AvgIpc) is 3.06. The summed E-state index contributed by atoms with van der Waals surface area (Å²) in [5.74, 6) is 0.663. The van der Waals surface area contributed by atoms with E-state index in [1.54, 1.807) is 11.0 Å². The van der Waals surface area contributed by atoms with E-state index in [9.17, 15) is 9.18 Å². The van der Waals surface area contributed by atoms with Gasteiger partial charge in [0, 0.05) is 31.3 Å². The molecule has 0 aliphatic carbocycles. The van der Waals surface area contributed by atoms with Gasteiger partial charge in [-0.1, -0.05) is 18.2 Å². The summed E-state index contributed by atoms with van der Waals surface area (Å²) in [5, 5.41) is 3.23. The minimum atomic E-state index is -0.515. The van der Waals surface area contributed by atoms with Gasteiger partial charge in [0.15, 0.2) is 0 Å². The highest BCUT2D eigenvalue weighted by atomic mass is 35.5. The van der Waals surface area contributed by atoms with E-state index in [-0.39, 0.29) is 17.0 Å². The molecule has 1 aliphatic rings. The third-order valence-electron chi connectivity index (χ3n) is 3.78. The highest BCUT2D eigenvalue weighted by Crippen LogP contribution is 2.26. The van der Waals surface area contributed by atoms with E-state index in [1.165, 1.54) is 30.6 Å². The molecule has 1 unspecified atom stereocenters. The van der Waals surface area contributed by atoms with Gasteiger partial charge >= 0.3 is 0 Å². The lowest BCUT2D eigenvalue weighted by Gasteiger charge is -2.16. The van der Waals surface area contributed by atoms with E-state index < -0.39 is 5.82 Å². The van der Waals surface area contributed by atoms with Crippen LogP contribution in [0, 0.1) is 5.82 Å². The lowest BCUT2D eigenvalue weighted by atomic mass is 10.2. The fourth-order valence-corrected chi connectivity index (χ4v) is 2.72. The molecule has 0 bridgehead atoms. The monoisotopic (exact) mass is 362 g/mol. The molecule has 2 aromatic rings. The predicted molar refractivity (Wildman–Crippen MR) is 92.3 cm³/mol. The van der Waals surface area contributed by atoms with Crippen LogP contribution < -0.4 is 10.1 Å². The number of ether oxygens (including phenoxy) is 1. The Balaban J connectivity index is 1.64. The highest BCUT2D eigenvalue weighted by molar-refractivity contribution is 6.30. The van der Waals surface area contributed by atoms with Crippen molar-refractivity contribution < 1.29 is 13.9 Å². The number of carbonyl (C=O) groups excluding carboxylic acids is 1. The zero-order chi connectivity index (χ0) is 17.8. The molecule has 0 spiro atoms. The van der Waals surface area contributed by atoms with Gasteiger partial charge < -0.3 is 15.0 Å². The predicted octanol–water partition coefficient (Wildman–Crippen LogP) is 3.26. The lowest BCUT2D eigenvalue weighted by Crippen LogP contribution is -2.30. The number of hydrogen-bond acceptors (Lipinski definition) is 5. The summed E-state index contributed by atoms with van der Waals surface area (Å²) in [5.41, 5.74) is 0. The first-order valence-electron chi connectivity index (χ1n) is 7.68. The number of carbonyl (C=O) groups is 1. The average molecular weight is 363 g/mol. The molecule has 2 heterocycles. The summed E-state index contributed by atoms with van der Waals surface area (Å²) in [7, 11) is 0. The van der Waals surface area contributed by atoms with Crippen LogP contribution in [0.4, 0.5) is 10.2 Å². The van der Waals surface area contributed by atoms with Crippen molar-refractivity contribution in [3.8, 4) is 11.6 Å². The number of aromatic nitrogens is 2. The van der Waals surface area contributed by atoms with Crippen molar-refractivity contribution in [3.05, 3.63) is 54.1 Å². The van der Waals surface area contributed by atoms with E-state index in [1.807, 2.05) is 0 Å². The van der Waals surface area contributed by atoms with Crippen LogP contribution >= 0.6 is 11.6 Å². The zero-order valence-electron chi connectivity index (χ0n) is 13.3. The Hall–Kier alpha value is -2.67. The quantitative estimate of drug-likeness (QED) is 0.827. The van der Waals surface area contributed by atoms with Crippen LogP contribution in [0.5, 0.6) is 11.6 Å². The maximum atomic E-state index is 13.2. The summed E-state index contributed by atoms with van der Waals surface area (Å²) < 4.78 is 18.8. The Morgan fingerprint density at radius 3 is 3.04 bits per heavy atom. The molecule has 8 heteroatoms. The Kier molecular flexibility index (Phi) is 5.14. The van der Waals surface area contributed by atoms with Crippen molar-refractivity contribution in [1.29, 1.82) is 0 Å². The summed E-state index contributed by atoms with van der Waals surface area (Å²) in [6, 6.07) is 5.79. The van der Waals surface area contributed by atoms with Gasteiger partial charge in [0.1, 0.15) is 23.7 Å². The molecule has 1 aromatic carbocycles. The van der Waals surface area contributed by atoms with Crippen molar-refractivity contribution in [2.75, 3.05) is 18.4 Å². The van der Waals surface area contributed by atoms with Gasteiger partial charge in [0.05, 0.1) is 5.02 Å². The molecule has 25 heavy (non-hydrogen) atoms. The number of anilines is 1. The van der Waals surface area contributed by atoms with Crippen molar-refractivity contribution >= 4 is 23.3 Å². The molecule has 1 aliphatic heterocycles. The summed E-state index contributed by atoms with van der Waals surface area (Å²) in [6.07, 6.45) is 3.49. The third kappa shape index (κ3) is 4.24. The Labute approximate surface area is 149 Å². The molecule has 3 rings (SSSR count). The first kappa shape index (κ1) is 17.2. The molecular weight excluding hydrogens is 347 g/mol.